The Morgan fingerprint density at radius 1 is 1.17 bits per heavy atom. The molecule has 2 atom stereocenters. The van der Waals surface area contributed by atoms with Crippen molar-refractivity contribution in [2.45, 2.75) is 39.8 Å². The first kappa shape index (κ1) is 19.4. The van der Waals surface area contributed by atoms with Crippen molar-refractivity contribution in [1.29, 1.82) is 0 Å². The van der Waals surface area contributed by atoms with Gasteiger partial charge < -0.3 is 14.6 Å². The summed E-state index contributed by atoms with van der Waals surface area (Å²) in [6, 6.07) is 11.6. The Balaban J connectivity index is 1.42. The van der Waals surface area contributed by atoms with Gasteiger partial charge in [-0.05, 0) is 44.5 Å². The molecule has 0 radical (unpaired) electrons. The Morgan fingerprint density at radius 3 is 2.76 bits per heavy atom. The summed E-state index contributed by atoms with van der Waals surface area (Å²) in [6.45, 7) is 7.66. The van der Waals surface area contributed by atoms with Crippen molar-refractivity contribution in [1.82, 2.24) is 20.3 Å². The largest absolute Gasteiger partial charge is 0.379 e. The zero-order chi connectivity index (χ0) is 20.4. The summed E-state index contributed by atoms with van der Waals surface area (Å²) in [5.74, 6) is 0.905. The van der Waals surface area contributed by atoms with Crippen LogP contribution in [0.5, 0.6) is 0 Å². The average Bonchev–Trinajstić information content (AvgIpc) is 3.38. The predicted molar refractivity (Wildman–Crippen MR) is 108 cm³/mol. The number of aryl methyl sites for hydroxylation is 3. The molecule has 1 fully saturated rings. The van der Waals surface area contributed by atoms with E-state index in [0.29, 0.717) is 31.7 Å². The SMILES string of the molecule is Cc1cc(CC2COCC2NC(=O)c2cccc(Cn3nc(C)cc3C)c2)on1. The van der Waals surface area contributed by atoms with Crippen LogP contribution in [0.25, 0.3) is 0 Å². The van der Waals surface area contributed by atoms with Crippen molar-refractivity contribution >= 4 is 5.91 Å². The number of amides is 1. The lowest BCUT2D eigenvalue weighted by molar-refractivity contribution is 0.0924. The first-order chi connectivity index (χ1) is 14.0. The summed E-state index contributed by atoms with van der Waals surface area (Å²) < 4.78 is 12.9. The van der Waals surface area contributed by atoms with Crippen LogP contribution >= 0.6 is 0 Å². The van der Waals surface area contributed by atoms with Crippen molar-refractivity contribution in [3.8, 4) is 0 Å². The van der Waals surface area contributed by atoms with E-state index in [1.54, 1.807) is 0 Å². The Hall–Kier alpha value is -2.93. The minimum atomic E-state index is -0.0885. The van der Waals surface area contributed by atoms with Crippen LogP contribution in [0.2, 0.25) is 0 Å². The number of hydrogen-bond acceptors (Lipinski definition) is 5. The van der Waals surface area contributed by atoms with Crippen LogP contribution in [0, 0.1) is 26.7 Å². The Labute approximate surface area is 170 Å². The number of carbonyl (C=O) groups excluding carboxylic acids is 1. The lowest BCUT2D eigenvalue weighted by atomic mass is 9.97. The standard InChI is InChI=1S/C22H26N4O3/c1-14-7-16(3)26(24-14)11-17-5-4-6-18(9-17)22(27)23-21-13-28-12-19(21)10-20-8-15(2)25-29-20/h4-9,19,21H,10-13H2,1-3H3,(H,23,27). The van der Waals surface area contributed by atoms with E-state index in [1.807, 2.05) is 61.9 Å². The number of carbonyl (C=O) groups is 1. The van der Waals surface area contributed by atoms with Gasteiger partial charge in [0.2, 0.25) is 0 Å². The van der Waals surface area contributed by atoms with Gasteiger partial charge in [0.25, 0.3) is 5.91 Å². The maximum Gasteiger partial charge on any atom is 0.251 e. The molecule has 152 valence electrons. The molecule has 7 nitrogen and oxygen atoms in total. The molecule has 1 N–H and O–H groups in total. The molecule has 29 heavy (non-hydrogen) atoms. The lowest BCUT2D eigenvalue weighted by Gasteiger charge is -2.18. The van der Waals surface area contributed by atoms with E-state index in [0.717, 1.165) is 28.4 Å². The van der Waals surface area contributed by atoms with Crippen molar-refractivity contribution < 1.29 is 14.1 Å². The van der Waals surface area contributed by atoms with Crippen LogP contribution in [0.1, 0.15) is 38.8 Å². The summed E-state index contributed by atoms with van der Waals surface area (Å²) in [5.41, 5.74) is 4.64. The quantitative estimate of drug-likeness (QED) is 0.695. The van der Waals surface area contributed by atoms with Gasteiger partial charge in [-0.15, -0.1) is 0 Å². The number of nitrogens with one attached hydrogen (secondary N) is 1. The molecule has 0 spiro atoms. The smallest absolute Gasteiger partial charge is 0.251 e. The van der Waals surface area contributed by atoms with Crippen LogP contribution in [0.4, 0.5) is 0 Å². The monoisotopic (exact) mass is 394 g/mol. The zero-order valence-corrected chi connectivity index (χ0v) is 17.0. The van der Waals surface area contributed by atoms with Crippen LogP contribution < -0.4 is 5.32 Å². The van der Waals surface area contributed by atoms with Crippen molar-refractivity contribution in [3.63, 3.8) is 0 Å². The molecule has 2 aromatic heterocycles. The lowest BCUT2D eigenvalue weighted by Crippen LogP contribution is -2.40. The molecule has 3 heterocycles. The number of hydrogen-bond donors (Lipinski definition) is 1. The number of benzene rings is 1. The first-order valence-electron chi connectivity index (χ1n) is 9.89. The van der Waals surface area contributed by atoms with Crippen LogP contribution in [0.15, 0.2) is 40.9 Å². The minimum absolute atomic E-state index is 0.0485. The predicted octanol–water partition coefficient (Wildman–Crippen LogP) is 2.83. The number of aromatic nitrogens is 3. The molecule has 1 aromatic carbocycles. The minimum Gasteiger partial charge on any atom is -0.379 e. The van der Waals surface area contributed by atoms with Crippen molar-refractivity contribution in [2.75, 3.05) is 13.2 Å². The number of nitrogens with zero attached hydrogens (tertiary/aromatic N) is 3. The van der Waals surface area contributed by atoms with Gasteiger partial charge in [0.05, 0.1) is 37.2 Å². The third kappa shape index (κ3) is 4.56. The molecular formula is C22H26N4O3. The number of ether oxygens (including phenoxy) is 1. The van der Waals surface area contributed by atoms with Gasteiger partial charge in [-0.2, -0.15) is 5.10 Å². The van der Waals surface area contributed by atoms with E-state index in [4.69, 9.17) is 9.26 Å². The molecule has 1 aliphatic rings. The summed E-state index contributed by atoms with van der Waals surface area (Å²) in [4.78, 5) is 12.9. The van der Waals surface area contributed by atoms with Crippen LogP contribution in [-0.4, -0.2) is 40.1 Å². The Bertz CT molecular complexity index is 1010. The molecule has 1 aliphatic heterocycles. The molecule has 0 saturated carbocycles. The van der Waals surface area contributed by atoms with E-state index in [2.05, 4.69) is 15.6 Å². The Kier molecular flexibility index (Phi) is 5.49. The molecule has 2 unspecified atom stereocenters. The highest BCUT2D eigenvalue weighted by atomic mass is 16.5. The molecule has 3 aromatic rings. The average molecular weight is 394 g/mol. The van der Waals surface area contributed by atoms with Crippen molar-refractivity contribution in [3.05, 3.63) is 70.4 Å². The summed E-state index contributed by atoms with van der Waals surface area (Å²) >= 11 is 0. The fourth-order valence-corrected chi connectivity index (χ4v) is 3.80. The highest BCUT2D eigenvalue weighted by molar-refractivity contribution is 5.94. The molecule has 7 heteroatoms. The summed E-state index contributed by atoms with van der Waals surface area (Å²) in [6.07, 6.45) is 0.698. The summed E-state index contributed by atoms with van der Waals surface area (Å²) in [5, 5.41) is 11.6. The van der Waals surface area contributed by atoms with Gasteiger partial charge in [-0.1, -0.05) is 17.3 Å². The zero-order valence-electron chi connectivity index (χ0n) is 17.0. The second-order valence-corrected chi connectivity index (χ2v) is 7.80. The van der Waals surface area contributed by atoms with Crippen molar-refractivity contribution in [2.24, 2.45) is 5.92 Å². The molecular weight excluding hydrogens is 368 g/mol. The maximum atomic E-state index is 12.9. The molecule has 1 amide bonds. The second-order valence-electron chi connectivity index (χ2n) is 7.80. The van der Waals surface area contributed by atoms with E-state index in [1.165, 1.54) is 0 Å². The topological polar surface area (TPSA) is 82.2 Å². The van der Waals surface area contributed by atoms with E-state index in [9.17, 15) is 4.79 Å². The molecule has 1 saturated heterocycles. The second kappa shape index (κ2) is 8.21. The van der Waals surface area contributed by atoms with E-state index in [-0.39, 0.29) is 17.9 Å². The first-order valence-corrected chi connectivity index (χ1v) is 9.89. The van der Waals surface area contributed by atoms with Gasteiger partial charge in [0, 0.05) is 29.7 Å². The normalized spacial score (nSPS) is 18.9. The highest BCUT2D eigenvalue weighted by Crippen LogP contribution is 2.20. The van der Waals surface area contributed by atoms with E-state index >= 15 is 0 Å². The van der Waals surface area contributed by atoms with Crippen LogP contribution in [0.3, 0.4) is 0 Å². The maximum absolute atomic E-state index is 12.9. The molecule has 0 aliphatic carbocycles. The van der Waals surface area contributed by atoms with Gasteiger partial charge >= 0.3 is 0 Å². The molecule has 0 bridgehead atoms. The fraction of sp³-hybridized carbons (Fsp3) is 0.409. The highest BCUT2D eigenvalue weighted by Gasteiger charge is 2.31. The van der Waals surface area contributed by atoms with Gasteiger partial charge in [0.1, 0.15) is 5.76 Å². The van der Waals surface area contributed by atoms with E-state index < -0.39 is 0 Å². The third-order valence-corrected chi connectivity index (χ3v) is 5.28. The summed E-state index contributed by atoms with van der Waals surface area (Å²) in [7, 11) is 0. The van der Waals surface area contributed by atoms with Gasteiger partial charge in [-0.3, -0.25) is 9.48 Å². The number of rotatable bonds is 6. The Morgan fingerprint density at radius 2 is 2.03 bits per heavy atom. The third-order valence-electron chi connectivity index (χ3n) is 5.28. The van der Waals surface area contributed by atoms with Crippen LogP contribution in [-0.2, 0) is 17.7 Å². The molecule has 4 rings (SSSR count). The van der Waals surface area contributed by atoms with Gasteiger partial charge in [-0.25, -0.2) is 0 Å². The fourth-order valence-electron chi connectivity index (χ4n) is 3.80. The van der Waals surface area contributed by atoms with Gasteiger partial charge in [0.15, 0.2) is 0 Å².